The summed E-state index contributed by atoms with van der Waals surface area (Å²) in [5.74, 6) is 0. The Balaban J connectivity index is 0.000000811. The van der Waals surface area contributed by atoms with Crippen LogP contribution < -0.4 is 0 Å². The fourth-order valence-corrected chi connectivity index (χ4v) is 2.14. The first kappa shape index (κ1) is 12.8. The minimum Gasteiger partial charge on any atom is -0.359 e. The lowest BCUT2D eigenvalue weighted by atomic mass is 10.2. The van der Waals surface area contributed by atoms with Crippen LogP contribution in [0.15, 0.2) is 29.2 Å². The smallest absolute Gasteiger partial charge is 0.175 e. The molecule has 2 rings (SSSR count). The molecular weight excluding hydrogens is 222 g/mol. The minimum absolute atomic E-state index is 0. The lowest BCUT2D eigenvalue weighted by Gasteiger charge is -1.97. The van der Waals surface area contributed by atoms with Crippen molar-refractivity contribution in [1.82, 2.24) is 4.98 Å². The molecule has 0 spiro atoms. The molecule has 1 aromatic heterocycles. The summed E-state index contributed by atoms with van der Waals surface area (Å²) in [5, 5.41) is 0.936. The number of hydrogen-bond acceptors (Lipinski definition) is 2. The van der Waals surface area contributed by atoms with E-state index in [2.05, 4.69) is 4.98 Å². The largest absolute Gasteiger partial charge is 0.359 e. The molecule has 0 fully saturated rings. The first-order chi connectivity index (χ1) is 7.47. The molecule has 0 radical (unpaired) electrons. The summed E-state index contributed by atoms with van der Waals surface area (Å²) < 4.78 is 22.5. The number of sulfone groups is 1. The number of H-pyrrole nitrogens is 1. The van der Waals surface area contributed by atoms with Gasteiger partial charge in [-0.05, 0) is 31.2 Å². The number of aromatic nitrogens is 1. The Kier molecular flexibility index (Phi) is 3.75. The van der Waals surface area contributed by atoms with Crippen molar-refractivity contribution in [2.24, 2.45) is 0 Å². The molecule has 0 atom stereocenters. The Bertz CT molecular complexity index is 588. The summed E-state index contributed by atoms with van der Waals surface area (Å²) in [6.07, 6.45) is 1.22. The van der Waals surface area contributed by atoms with Crippen LogP contribution in [0.25, 0.3) is 10.9 Å². The highest BCUT2D eigenvalue weighted by atomic mass is 32.2. The van der Waals surface area contributed by atoms with E-state index in [0.717, 1.165) is 16.6 Å². The zero-order valence-electron chi connectivity index (χ0n) is 10.0. The lowest BCUT2D eigenvalue weighted by molar-refractivity contribution is 0.602. The van der Waals surface area contributed by atoms with Crippen molar-refractivity contribution in [3.63, 3.8) is 0 Å². The molecule has 0 saturated carbocycles. The zero-order chi connectivity index (χ0) is 12.3. The molecule has 0 aliphatic rings. The van der Waals surface area contributed by atoms with E-state index in [-0.39, 0.29) is 1.43 Å². The van der Waals surface area contributed by atoms with E-state index in [0.29, 0.717) is 4.90 Å². The fraction of sp³-hybridized carbons (Fsp3) is 0.333. The Morgan fingerprint density at radius 2 is 1.81 bits per heavy atom. The number of rotatable bonds is 1. The molecular formula is C12H19NO2S. The van der Waals surface area contributed by atoms with Gasteiger partial charge in [-0.15, -0.1) is 0 Å². The molecule has 2 aromatic rings. The molecule has 1 N–H and O–H groups in total. The van der Waals surface area contributed by atoms with Crippen LogP contribution in [0.3, 0.4) is 0 Å². The minimum atomic E-state index is -3.10. The third-order valence-corrected chi connectivity index (χ3v) is 3.27. The van der Waals surface area contributed by atoms with Crippen LogP contribution in [0.2, 0.25) is 0 Å². The van der Waals surface area contributed by atoms with Gasteiger partial charge in [0.15, 0.2) is 9.84 Å². The number of fused-ring (bicyclic) bond motifs is 1. The summed E-state index contributed by atoms with van der Waals surface area (Å²) >= 11 is 0. The molecule has 16 heavy (non-hydrogen) atoms. The van der Waals surface area contributed by atoms with E-state index in [4.69, 9.17) is 0 Å². The molecule has 3 nitrogen and oxygen atoms in total. The van der Waals surface area contributed by atoms with Gasteiger partial charge in [0.1, 0.15) is 0 Å². The van der Waals surface area contributed by atoms with Crippen molar-refractivity contribution in [3.05, 3.63) is 30.0 Å². The first-order valence-electron chi connectivity index (χ1n) is 5.26. The number of benzene rings is 1. The molecule has 0 unspecified atom stereocenters. The van der Waals surface area contributed by atoms with Gasteiger partial charge in [-0.3, -0.25) is 0 Å². The van der Waals surface area contributed by atoms with E-state index >= 15 is 0 Å². The second-order valence-electron chi connectivity index (χ2n) is 3.47. The van der Waals surface area contributed by atoms with E-state index in [9.17, 15) is 8.42 Å². The summed E-state index contributed by atoms with van der Waals surface area (Å²) in [6, 6.07) is 7.03. The van der Waals surface area contributed by atoms with Gasteiger partial charge in [0, 0.05) is 24.3 Å². The number of aromatic amines is 1. The van der Waals surface area contributed by atoms with Gasteiger partial charge in [-0.1, -0.05) is 13.8 Å². The average Bonchev–Trinajstić information content (AvgIpc) is 2.58. The van der Waals surface area contributed by atoms with Crippen molar-refractivity contribution in [3.8, 4) is 0 Å². The van der Waals surface area contributed by atoms with Crippen LogP contribution in [0.1, 0.15) is 21.0 Å². The van der Waals surface area contributed by atoms with Gasteiger partial charge in [-0.2, -0.15) is 0 Å². The summed E-state index contributed by atoms with van der Waals surface area (Å²) in [7, 11) is -3.10. The van der Waals surface area contributed by atoms with Crippen molar-refractivity contribution >= 4 is 20.7 Å². The van der Waals surface area contributed by atoms with Crippen LogP contribution >= 0.6 is 0 Å². The van der Waals surface area contributed by atoms with Crippen molar-refractivity contribution < 1.29 is 9.84 Å². The normalized spacial score (nSPS) is 11.0. The van der Waals surface area contributed by atoms with E-state index < -0.39 is 9.84 Å². The highest BCUT2D eigenvalue weighted by Crippen LogP contribution is 2.19. The van der Waals surface area contributed by atoms with Gasteiger partial charge in [0.05, 0.1) is 4.90 Å². The third kappa shape index (κ3) is 2.64. The molecule has 0 aliphatic carbocycles. The second kappa shape index (κ2) is 4.70. The van der Waals surface area contributed by atoms with E-state index in [1.807, 2.05) is 26.8 Å². The zero-order valence-corrected chi connectivity index (χ0v) is 10.9. The number of hydrogen-bond donors (Lipinski definition) is 1. The predicted molar refractivity (Wildman–Crippen MR) is 69.6 cm³/mol. The van der Waals surface area contributed by atoms with Gasteiger partial charge in [0.2, 0.25) is 0 Å². The standard InChI is InChI=1S/C10H11NO2S.C2H6.H2/c1-7-5-8-6-9(14(2,12)13)3-4-10(8)11-7;1-2;/h3-6,11H,1-2H3;1-2H3;1H. The Morgan fingerprint density at radius 3 is 2.38 bits per heavy atom. The molecule has 0 aliphatic heterocycles. The van der Waals surface area contributed by atoms with E-state index in [1.54, 1.807) is 18.2 Å². The maximum Gasteiger partial charge on any atom is 0.175 e. The Morgan fingerprint density at radius 1 is 1.19 bits per heavy atom. The van der Waals surface area contributed by atoms with Crippen LogP contribution in [-0.4, -0.2) is 19.7 Å². The summed E-state index contributed by atoms with van der Waals surface area (Å²) in [6.45, 7) is 5.94. The Labute approximate surface area is 97.9 Å². The summed E-state index contributed by atoms with van der Waals surface area (Å²) in [5.41, 5.74) is 2.00. The number of nitrogens with one attached hydrogen (secondary N) is 1. The first-order valence-corrected chi connectivity index (χ1v) is 7.15. The third-order valence-electron chi connectivity index (χ3n) is 2.16. The second-order valence-corrected chi connectivity index (χ2v) is 5.49. The van der Waals surface area contributed by atoms with Gasteiger partial charge in [0.25, 0.3) is 0 Å². The summed E-state index contributed by atoms with van der Waals surface area (Å²) in [4.78, 5) is 3.51. The molecule has 0 saturated heterocycles. The fourth-order valence-electron chi connectivity index (χ4n) is 1.49. The van der Waals surface area contributed by atoms with Gasteiger partial charge >= 0.3 is 0 Å². The quantitative estimate of drug-likeness (QED) is 0.833. The predicted octanol–water partition coefficient (Wildman–Crippen LogP) is 3.15. The van der Waals surface area contributed by atoms with Gasteiger partial charge in [-0.25, -0.2) is 8.42 Å². The molecule has 1 aromatic carbocycles. The SMILES string of the molecule is CC.Cc1cc2cc(S(C)(=O)=O)ccc2[nH]1.[HH]. The Hall–Kier alpha value is -1.29. The van der Waals surface area contributed by atoms with Crippen LogP contribution in [0, 0.1) is 6.92 Å². The molecule has 0 bridgehead atoms. The maximum absolute atomic E-state index is 11.3. The van der Waals surface area contributed by atoms with E-state index in [1.165, 1.54) is 6.26 Å². The molecule has 90 valence electrons. The van der Waals surface area contributed by atoms with Crippen molar-refractivity contribution in [1.29, 1.82) is 0 Å². The molecule has 4 heteroatoms. The lowest BCUT2D eigenvalue weighted by Crippen LogP contribution is -1.95. The van der Waals surface area contributed by atoms with Crippen molar-refractivity contribution in [2.45, 2.75) is 25.7 Å². The highest BCUT2D eigenvalue weighted by Gasteiger charge is 2.07. The van der Waals surface area contributed by atoms with Gasteiger partial charge < -0.3 is 4.98 Å². The number of aryl methyl sites for hydroxylation is 1. The highest BCUT2D eigenvalue weighted by molar-refractivity contribution is 7.90. The van der Waals surface area contributed by atoms with Crippen LogP contribution in [-0.2, 0) is 9.84 Å². The monoisotopic (exact) mass is 241 g/mol. The maximum atomic E-state index is 11.3. The van der Waals surface area contributed by atoms with Crippen LogP contribution in [0.5, 0.6) is 0 Å². The topological polar surface area (TPSA) is 49.9 Å². The average molecular weight is 241 g/mol. The molecule has 0 amide bonds. The van der Waals surface area contributed by atoms with Crippen molar-refractivity contribution in [2.75, 3.05) is 6.26 Å². The molecule has 1 heterocycles. The van der Waals surface area contributed by atoms with Crippen LogP contribution in [0.4, 0.5) is 0 Å².